The smallest absolute Gasteiger partial charge is 0.154 e. The predicted molar refractivity (Wildman–Crippen MR) is 143 cm³/mol. The van der Waals surface area contributed by atoms with Gasteiger partial charge in [-0.1, -0.05) is 6.07 Å². The Labute approximate surface area is 216 Å². The SMILES string of the molecule is CSCOc1ccc2c(c1)Oc1cc(OCSC)ccc1C2(OCO)c1ccc(I)cc1C. The van der Waals surface area contributed by atoms with Gasteiger partial charge in [0.05, 0.1) is 0 Å². The van der Waals surface area contributed by atoms with Gasteiger partial charge in [-0.05, 0) is 89.6 Å². The third-order valence-corrected chi connectivity index (χ3v) is 6.80. The first kappa shape index (κ1) is 24.5. The summed E-state index contributed by atoms with van der Waals surface area (Å²) in [5.74, 6) is 3.73. The zero-order chi connectivity index (χ0) is 23.4. The van der Waals surface area contributed by atoms with Gasteiger partial charge in [0.15, 0.2) is 5.60 Å². The van der Waals surface area contributed by atoms with Gasteiger partial charge in [-0.3, -0.25) is 0 Å². The summed E-state index contributed by atoms with van der Waals surface area (Å²) in [6, 6.07) is 17.7. The van der Waals surface area contributed by atoms with E-state index in [-0.39, 0.29) is 0 Å². The molecular formula is C25H25IO5S2. The van der Waals surface area contributed by atoms with Crippen LogP contribution in [-0.2, 0) is 10.3 Å². The van der Waals surface area contributed by atoms with Gasteiger partial charge >= 0.3 is 0 Å². The summed E-state index contributed by atoms with van der Waals surface area (Å²) in [4.78, 5) is 0. The average molecular weight is 597 g/mol. The van der Waals surface area contributed by atoms with Gasteiger partial charge < -0.3 is 24.1 Å². The quantitative estimate of drug-likeness (QED) is 0.228. The second-order valence-corrected chi connectivity index (χ2v) is 10.3. The summed E-state index contributed by atoms with van der Waals surface area (Å²) >= 11 is 5.50. The molecule has 174 valence electrons. The van der Waals surface area contributed by atoms with E-state index < -0.39 is 12.4 Å². The van der Waals surface area contributed by atoms with Crippen LogP contribution in [0.5, 0.6) is 23.0 Å². The third-order valence-electron chi connectivity index (χ3n) is 5.42. The van der Waals surface area contributed by atoms with Crippen LogP contribution in [0.3, 0.4) is 0 Å². The van der Waals surface area contributed by atoms with E-state index in [2.05, 4.69) is 41.6 Å². The molecule has 5 nitrogen and oxygen atoms in total. The number of ether oxygens (including phenoxy) is 4. The van der Waals surface area contributed by atoms with Gasteiger partial charge in [0.1, 0.15) is 41.7 Å². The zero-order valence-electron chi connectivity index (χ0n) is 18.6. The van der Waals surface area contributed by atoms with Crippen LogP contribution in [0.1, 0.15) is 22.3 Å². The molecule has 0 unspecified atom stereocenters. The van der Waals surface area contributed by atoms with Crippen molar-refractivity contribution in [2.24, 2.45) is 0 Å². The average Bonchev–Trinajstić information content (AvgIpc) is 2.81. The standard InChI is InChI=1S/C25H25IO5S2/c1-16-10-17(26)4-7-20(16)25(30-13-27)21-8-5-18(28-14-32-2)11-23(21)31-24-12-19(29-15-33-3)6-9-22(24)25/h4-12,27H,13-15H2,1-3H3. The van der Waals surface area contributed by atoms with E-state index in [0.717, 1.165) is 25.8 Å². The molecule has 3 aromatic rings. The minimum absolute atomic E-state index is 0.459. The fourth-order valence-electron chi connectivity index (χ4n) is 4.10. The molecule has 33 heavy (non-hydrogen) atoms. The largest absolute Gasteiger partial charge is 0.483 e. The molecule has 1 aliphatic rings. The normalized spacial score (nSPS) is 13.6. The number of aryl methyl sites for hydroxylation is 1. The van der Waals surface area contributed by atoms with Crippen LogP contribution in [0, 0.1) is 10.5 Å². The summed E-state index contributed by atoms with van der Waals surface area (Å²) in [6.07, 6.45) is 3.97. The van der Waals surface area contributed by atoms with Crippen molar-refractivity contribution in [3.8, 4) is 23.0 Å². The second-order valence-electron chi connectivity index (χ2n) is 7.43. The summed E-state index contributed by atoms with van der Waals surface area (Å²) in [7, 11) is 0. The van der Waals surface area contributed by atoms with E-state index in [9.17, 15) is 5.11 Å². The number of rotatable bonds is 9. The Bertz CT molecular complexity index is 1080. The highest BCUT2D eigenvalue weighted by Crippen LogP contribution is 2.54. The topological polar surface area (TPSA) is 57.2 Å². The number of halogens is 1. The number of hydrogen-bond donors (Lipinski definition) is 1. The molecule has 0 bridgehead atoms. The van der Waals surface area contributed by atoms with E-state index >= 15 is 0 Å². The number of aliphatic hydroxyl groups excluding tert-OH is 1. The first-order valence-corrected chi connectivity index (χ1v) is 14.1. The van der Waals surface area contributed by atoms with Crippen molar-refractivity contribution in [1.29, 1.82) is 0 Å². The predicted octanol–water partition coefficient (Wildman–Crippen LogP) is 6.36. The maximum absolute atomic E-state index is 10.1. The first-order chi connectivity index (χ1) is 16.0. The molecule has 0 spiro atoms. The van der Waals surface area contributed by atoms with Gasteiger partial charge in [-0.25, -0.2) is 0 Å². The van der Waals surface area contributed by atoms with E-state index in [1.54, 1.807) is 23.5 Å². The molecule has 1 N–H and O–H groups in total. The summed E-state index contributed by atoms with van der Waals surface area (Å²) < 4.78 is 25.4. The van der Waals surface area contributed by atoms with Crippen molar-refractivity contribution in [1.82, 2.24) is 0 Å². The molecule has 0 saturated carbocycles. The lowest BCUT2D eigenvalue weighted by Crippen LogP contribution is -2.37. The molecule has 0 saturated heterocycles. The Balaban J connectivity index is 1.96. The molecule has 0 aliphatic carbocycles. The van der Waals surface area contributed by atoms with Gasteiger partial charge in [0.2, 0.25) is 0 Å². The molecule has 3 aromatic carbocycles. The second kappa shape index (κ2) is 10.8. The molecule has 8 heteroatoms. The Kier molecular flexibility index (Phi) is 8.01. The number of hydrogen-bond acceptors (Lipinski definition) is 7. The number of aliphatic hydroxyl groups is 1. The lowest BCUT2D eigenvalue weighted by Gasteiger charge is -2.41. The van der Waals surface area contributed by atoms with E-state index in [1.807, 2.05) is 55.0 Å². The number of benzene rings is 3. The van der Waals surface area contributed by atoms with Crippen molar-refractivity contribution < 1.29 is 24.1 Å². The number of thioether (sulfide) groups is 2. The molecule has 0 atom stereocenters. The fourth-order valence-corrected chi connectivity index (χ4v) is 5.25. The minimum Gasteiger partial charge on any atom is -0.483 e. The molecule has 1 aliphatic heterocycles. The van der Waals surface area contributed by atoms with Gasteiger partial charge in [0.25, 0.3) is 0 Å². The van der Waals surface area contributed by atoms with Crippen molar-refractivity contribution in [3.63, 3.8) is 0 Å². The molecule has 0 aromatic heterocycles. The molecule has 1 heterocycles. The summed E-state index contributed by atoms with van der Waals surface area (Å²) in [5, 5.41) is 10.1. The van der Waals surface area contributed by atoms with Gasteiger partial charge in [-0.2, -0.15) is 0 Å². The van der Waals surface area contributed by atoms with Crippen molar-refractivity contribution in [2.45, 2.75) is 12.5 Å². The van der Waals surface area contributed by atoms with Crippen LogP contribution < -0.4 is 14.2 Å². The molecular weight excluding hydrogens is 571 g/mol. The van der Waals surface area contributed by atoms with Gasteiger partial charge in [0, 0.05) is 26.8 Å². The van der Waals surface area contributed by atoms with Crippen LogP contribution in [0.15, 0.2) is 54.6 Å². The van der Waals surface area contributed by atoms with Crippen molar-refractivity contribution >= 4 is 46.1 Å². The van der Waals surface area contributed by atoms with Crippen LogP contribution in [0.4, 0.5) is 0 Å². The summed E-state index contributed by atoms with van der Waals surface area (Å²) in [5.41, 5.74) is 2.56. The van der Waals surface area contributed by atoms with Gasteiger partial charge in [-0.15, -0.1) is 23.5 Å². The minimum atomic E-state index is -1.05. The highest BCUT2D eigenvalue weighted by atomic mass is 127. The van der Waals surface area contributed by atoms with Crippen molar-refractivity contribution in [3.05, 3.63) is 80.4 Å². The Morgan fingerprint density at radius 2 is 1.39 bits per heavy atom. The Morgan fingerprint density at radius 1 is 0.848 bits per heavy atom. The maximum atomic E-state index is 10.1. The van der Waals surface area contributed by atoms with Crippen LogP contribution in [-0.4, -0.2) is 36.3 Å². The van der Waals surface area contributed by atoms with E-state index in [4.69, 9.17) is 18.9 Å². The van der Waals surface area contributed by atoms with Crippen LogP contribution in [0.25, 0.3) is 0 Å². The zero-order valence-corrected chi connectivity index (χ0v) is 22.4. The number of fused-ring (bicyclic) bond motifs is 2. The maximum Gasteiger partial charge on any atom is 0.154 e. The summed E-state index contributed by atoms with van der Waals surface area (Å²) in [6.45, 7) is 1.60. The first-order valence-electron chi connectivity index (χ1n) is 10.2. The van der Waals surface area contributed by atoms with Crippen molar-refractivity contribution in [2.75, 3.05) is 31.2 Å². The highest BCUT2D eigenvalue weighted by Gasteiger charge is 2.46. The van der Waals surface area contributed by atoms with E-state index in [0.29, 0.717) is 34.9 Å². The fraction of sp³-hybridized carbons (Fsp3) is 0.280. The molecule has 0 radical (unpaired) electrons. The third kappa shape index (κ3) is 4.81. The lowest BCUT2D eigenvalue weighted by molar-refractivity contribution is -0.0819. The Hall–Kier alpha value is -1.59. The van der Waals surface area contributed by atoms with Crippen LogP contribution >= 0.6 is 46.1 Å². The van der Waals surface area contributed by atoms with E-state index in [1.165, 1.54) is 0 Å². The lowest BCUT2D eigenvalue weighted by atomic mass is 9.76. The monoisotopic (exact) mass is 596 g/mol. The Morgan fingerprint density at radius 3 is 1.88 bits per heavy atom. The molecule has 0 amide bonds. The van der Waals surface area contributed by atoms with Crippen LogP contribution in [0.2, 0.25) is 0 Å². The molecule has 0 fully saturated rings. The molecule has 4 rings (SSSR count). The highest BCUT2D eigenvalue weighted by molar-refractivity contribution is 14.1.